The number of rotatable bonds is 1. The molecule has 1 aromatic carbocycles. The highest BCUT2D eigenvalue weighted by molar-refractivity contribution is 9.10. The van der Waals surface area contributed by atoms with Gasteiger partial charge in [-0.15, -0.1) is 0 Å². The van der Waals surface area contributed by atoms with Gasteiger partial charge in [-0.05, 0) is 31.0 Å². The molecule has 0 unspecified atom stereocenters. The molecule has 1 fully saturated rings. The minimum atomic E-state index is -4.38. The molecule has 0 aliphatic carbocycles. The van der Waals surface area contributed by atoms with E-state index in [1.807, 2.05) is 0 Å². The molecule has 1 aromatic rings. The summed E-state index contributed by atoms with van der Waals surface area (Å²) in [6.07, 6.45) is -1.93. The first kappa shape index (κ1) is 13.4. The van der Waals surface area contributed by atoms with Crippen LogP contribution in [0.3, 0.4) is 0 Å². The molecule has 0 aromatic heterocycles. The Balaban J connectivity index is 2.37. The second-order valence-corrected chi connectivity index (χ2v) is 5.07. The maximum absolute atomic E-state index is 12.8. The molecule has 2 nitrogen and oxygen atoms in total. The molecule has 1 aliphatic heterocycles. The van der Waals surface area contributed by atoms with E-state index in [9.17, 15) is 13.2 Å². The number of hydrogen-bond acceptors (Lipinski definition) is 1. The minimum Gasteiger partial charge on any atom is -0.330 e. The largest absolute Gasteiger partial charge is 0.417 e. The number of amidine groups is 1. The van der Waals surface area contributed by atoms with Gasteiger partial charge in [0.25, 0.3) is 0 Å². The van der Waals surface area contributed by atoms with Crippen molar-refractivity contribution in [1.29, 1.82) is 5.41 Å². The summed E-state index contributed by atoms with van der Waals surface area (Å²) in [5, 5.41) is 7.80. The molecule has 0 atom stereocenters. The number of benzene rings is 1. The molecule has 0 bridgehead atoms. The van der Waals surface area contributed by atoms with E-state index < -0.39 is 11.7 Å². The van der Waals surface area contributed by atoms with Crippen LogP contribution in [0.5, 0.6) is 0 Å². The summed E-state index contributed by atoms with van der Waals surface area (Å²) >= 11 is 2.91. The average molecular weight is 321 g/mol. The Labute approximate surface area is 111 Å². The van der Waals surface area contributed by atoms with Gasteiger partial charge < -0.3 is 4.90 Å². The lowest BCUT2D eigenvalue weighted by molar-refractivity contribution is -0.138. The second-order valence-electron chi connectivity index (χ2n) is 4.22. The lowest BCUT2D eigenvalue weighted by atomic mass is 10.1. The Kier molecular flexibility index (Phi) is 3.66. The highest BCUT2D eigenvalue weighted by Gasteiger charge is 2.33. The topological polar surface area (TPSA) is 27.1 Å². The summed E-state index contributed by atoms with van der Waals surface area (Å²) < 4.78 is 38.4. The van der Waals surface area contributed by atoms with E-state index >= 15 is 0 Å². The molecule has 1 N–H and O–H groups in total. The van der Waals surface area contributed by atoms with Crippen molar-refractivity contribution in [2.24, 2.45) is 0 Å². The fourth-order valence-corrected chi connectivity index (χ4v) is 2.49. The van der Waals surface area contributed by atoms with E-state index in [1.165, 1.54) is 6.07 Å². The van der Waals surface area contributed by atoms with Gasteiger partial charge in [-0.3, -0.25) is 5.41 Å². The van der Waals surface area contributed by atoms with Crippen LogP contribution in [0.1, 0.15) is 24.8 Å². The molecule has 98 valence electrons. The van der Waals surface area contributed by atoms with Crippen molar-refractivity contribution in [2.75, 3.05) is 11.4 Å². The number of nitrogens with zero attached hydrogens (tertiary/aromatic N) is 1. The van der Waals surface area contributed by atoms with Crippen LogP contribution >= 0.6 is 15.9 Å². The number of hydrogen-bond donors (Lipinski definition) is 1. The molecule has 0 radical (unpaired) electrons. The van der Waals surface area contributed by atoms with Crippen molar-refractivity contribution in [2.45, 2.75) is 25.4 Å². The summed E-state index contributed by atoms with van der Waals surface area (Å²) in [7, 11) is 0. The molecule has 0 amide bonds. The molecule has 0 saturated carbocycles. The summed E-state index contributed by atoms with van der Waals surface area (Å²) in [5.41, 5.74) is -0.256. The molecule has 1 heterocycles. The SMILES string of the molecule is N=C1CCCCN1c1ccc(Br)c(C(F)(F)F)c1. The minimum absolute atomic E-state index is 0.0299. The molecule has 0 spiro atoms. The quantitative estimate of drug-likeness (QED) is 0.814. The normalized spacial score (nSPS) is 17.1. The van der Waals surface area contributed by atoms with Crippen molar-refractivity contribution in [3.05, 3.63) is 28.2 Å². The van der Waals surface area contributed by atoms with Crippen LogP contribution in [0.15, 0.2) is 22.7 Å². The zero-order chi connectivity index (χ0) is 13.3. The third kappa shape index (κ3) is 2.68. The predicted octanol–water partition coefficient (Wildman–Crippen LogP) is 4.44. The third-order valence-corrected chi connectivity index (χ3v) is 3.63. The van der Waals surface area contributed by atoms with Crippen molar-refractivity contribution in [3.63, 3.8) is 0 Å². The van der Waals surface area contributed by atoms with Crippen LogP contribution < -0.4 is 4.90 Å². The number of nitrogens with one attached hydrogen (secondary N) is 1. The molecule has 1 saturated heterocycles. The first-order chi connectivity index (χ1) is 8.39. The van der Waals surface area contributed by atoms with Crippen LogP contribution in [-0.2, 0) is 6.18 Å². The summed E-state index contributed by atoms with van der Waals surface area (Å²) in [6, 6.07) is 4.10. The second kappa shape index (κ2) is 4.91. The van der Waals surface area contributed by atoms with Crippen LogP contribution in [-0.4, -0.2) is 12.4 Å². The van der Waals surface area contributed by atoms with Gasteiger partial charge in [0.05, 0.1) is 5.56 Å². The zero-order valence-corrected chi connectivity index (χ0v) is 11.1. The van der Waals surface area contributed by atoms with Crippen molar-refractivity contribution in [3.8, 4) is 0 Å². The third-order valence-electron chi connectivity index (χ3n) is 2.94. The number of halogens is 4. The lowest BCUT2D eigenvalue weighted by Gasteiger charge is -2.30. The van der Waals surface area contributed by atoms with Crippen LogP contribution in [0.4, 0.5) is 18.9 Å². The van der Waals surface area contributed by atoms with Crippen LogP contribution in [0, 0.1) is 5.41 Å². The van der Waals surface area contributed by atoms with Crippen LogP contribution in [0.25, 0.3) is 0 Å². The van der Waals surface area contributed by atoms with Crippen molar-refractivity contribution < 1.29 is 13.2 Å². The van der Waals surface area contributed by atoms with E-state index in [1.54, 1.807) is 11.0 Å². The van der Waals surface area contributed by atoms with Gasteiger partial charge in [-0.25, -0.2) is 0 Å². The molecule has 2 rings (SSSR count). The predicted molar refractivity (Wildman–Crippen MR) is 68.1 cm³/mol. The number of alkyl halides is 3. The first-order valence-electron chi connectivity index (χ1n) is 5.61. The van der Waals surface area contributed by atoms with E-state index in [0.717, 1.165) is 18.9 Å². The maximum Gasteiger partial charge on any atom is 0.417 e. The highest BCUT2D eigenvalue weighted by atomic mass is 79.9. The Morgan fingerprint density at radius 1 is 1.22 bits per heavy atom. The number of anilines is 1. The van der Waals surface area contributed by atoms with E-state index in [4.69, 9.17) is 5.41 Å². The molecule has 18 heavy (non-hydrogen) atoms. The Morgan fingerprint density at radius 3 is 2.56 bits per heavy atom. The van der Waals surface area contributed by atoms with Gasteiger partial charge in [0.2, 0.25) is 0 Å². The molecular formula is C12H12BrF3N2. The first-order valence-corrected chi connectivity index (χ1v) is 6.40. The molecular weight excluding hydrogens is 309 g/mol. The Bertz CT molecular complexity index is 471. The van der Waals surface area contributed by atoms with Crippen molar-refractivity contribution in [1.82, 2.24) is 0 Å². The summed E-state index contributed by atoms with van der Waals surface area (Å²) in [5.74, 6) is 0.386. The van der Waals surface area contributed by atoms with E-state index in [-0.39, 0.29) is 4.47 Å². The summed E-state index contributed by atoms with van der Waals surface area (Å²) in [6.45, 7) is 0.609. The van der Waals surface area contributed by atoms with E-state index in [0.29, 0.717) is 24.5 Å². The monoisotopic (exact) mass is 320 g/mol. The van der Waals surface area contributed by atoms with Gasteiger partial charge in [0, 0.05) is 23.1 Å². The Hall–Kier alpha value is -1.04. The summed E-state index contributed by atoms with van der Waals surface area (Å²) in [4.78, 5) is 1.64. The van der Waals surface area contributed by atoms with Gasteiger partial charge >= 0.3 is 6.18 Å². The fourth-order valence-electron chi connectivity index (χ4n) is 2.02. The van der Waals surface area contributed by atoms with Gasteiger partial charge in [0.15, 0.2) is 0 Å². The average Bonchev–Trinajstić information content (AvgIpc) is 2.29. The van der Waals surface area contributed by atoms with E-state index in [2.05, 4.69) is 15.9 Å². The van der Waals surface area contributed by atoms with Gasteiger partial charge in [0.1, 0.15) is 5.84 Å². The lowest BCUT2D eigenvalue weighted by Crippen LogP contribution is -2.34. The van der Waals surface area contributed by atoms with Crippen LogP contribution in [0.2, 0.25) is 0 Å². The highest BCUT2D eigenvalue weighted by Crippen LogP contribution is 2.37. The smallest absolute Gasteiger partial charge is 0.330 e. The molecule has 6 heteroatoms. The maximum atomic E-state index is 12.8. The van der Waals surface area contributed by atoms with Gasteiger partial charge in [-0.1, -0.05) is 15.9 Å². The number of piperidine rings is 1. The fraction of sp³-hybridized carbons (Fsp3) is 0.417. The van der Waals surface area contributed by atoms with Gasteiger partial charge in [-0.2, -0.15) is 13.2 Å². The standard InChI is InChI=1S/C12H12BrF3N2/c13-10-5-4-8(7-9(10)12(14,15)16)18-6-2-1-3-11(18)17/h4-5,7,17H,1-3,6H2. The van der Waals surface area contributed by atoms with Crippen molar-refractivity contribution >= 4 is 27.5 Å². The molecule has 1 aliphatic rings. The Morgan fingerprint density at radius 2 is 1.94 bits per heavy atom. The zero-order valence-electron chi connectivity index (χ0n) is 9.52.